The second-order valence-electron chi connectivity index (χ2n) is 9.38. The van der Waals surface area contributed by atoms with Crippen LogP contribution in [0, 0.1) is 0 Å². The number of fused-ring (bicyclic) bond motifs is 1. The average Bonchev–Trinajstić information content (AvgIpc) is 3.14. The molecule has 0 saturated carbocycles. The van der Waals surface area contributed by atoms with Gasteiger partial charge in [-0.15, -0.1) is 0 Å². The van der Waals surface area contributed by atoms with Crippen LogP contribution in [0.2, 0.25) is 18.1 Å². The quantitative estimate of drug-likeness (QED) is 0.408. The van der Waals surface area contributed by atoms with Crippen LogP contribution in [0.15, 0.2) is 40.8 Å². The lowest BCUT2D eigenvalue weighted by molar-refractivity contribution is 0.288. The van der Waals surface area contributed by atoms with Crippen LogP contribution < -0.4 is 13.9 Å². The molecule has 0 atom stereocenters. The smallest absolute Gasteiger partial charge is 0.250 e. The minimum atomic E-state index is -2.04. The van der Waals surface area contributed by atoms with Gasteiger partial charge in [0.2, 0.25) is 0 Å². The van der Waals surface area contributed by atoms with Crippen molar-refractivity contribution in [3.05, 3.63) is 42.0 Å². The number of benzene rings is 2. The lowest BCUT2D eigenvalue weighted by Gasteiger charge is -2.36. The fourth-order valence-electron chi connectivity index (χ4n) is 3.24. The van der Waals surface area contributed by atoms with Crippen molar-refractivity contribution < 1.29 is 23.4 Å². The zero-order chi connectivity index (χ0) is 22.8. The molecule has 31 heavy (non-hydrogen) atoms. The topological polar surface area (TPSA) is 61.1 Å². The van der Waals surface area contributed by atoms with Gasteiger partial charge in [-0.3, -0.25) is 0 Å². The molecule has 1 aromatic heterocycles. The molecule has 0 spiro atoms. The van der Waals surface area contributed by atoms with Crippen molar-refractivity contribution in [1.82, 2.24) is 0 Å². The maximum Gasteiger partial charge on any atom is 0.250 e. The fourth-order valence-corrected chi connectivity index (χ4v) is 4.25. The average molecular weight is 443 g/mol. The number of hydrogen-bond acceptors (Lipinski definition) is 5. The maximum atomic E-state index is 9.15. The number of aliphatic hydroxyl groups is 1. The van der Waals surface area contributed by atoms with Crippen molar-refractivity contribution in [2.24, 2.45) is 0 Å². The molecule has 1 heterocycles. The van der Waals surface area contributed by atoms with E-state index in [1.807, 2.05) is 30.3 Å². The van der Waals surface area contributed by atoms with E-state index in [0.29, 0.717) is 23.5 Å². The van der Waals surface area contributed by atoms with Gasteiger partial charge in [0, 0.05) is 17.6 Å². The van der Waals surface area contributed by atoms with Gasteiger partial charge in [0.15, 0.2) is 17.1 Å². The van der Waals surface area contributed by atoms with E-state index < -0.39 is 8.32 Å². The monoisotopic (exact) mass is 442 g/mol. The number of methoxy groups -OCH3 is 2. The van der Waals surface area contributed by atoms with Crippen molar-refractivity contribution in [3.8, 4) is 28.6 Å². The normalized spacial score (nSPS) is 12.3. The Morgan fingerprint density at radius 2 is 1.65 bits per heavy atom. The van der Waals surface area contributed by atoms with Crippen molar-refractivity contribution in [3.63, 3.8) is 0 Å². The first-order chi connectivity index (χ1) is 14.6. The molecule has 0 radical (unpaired) electrons. The van der Waals surface area contributed by atoms with Gasteiger partial charge >= 0.3 is 0 Å². The summed E-state index contributed by atoms with van der Waals surface area (Å²) in [7, 11) is 1.27. The number of aryl methyl sites for hydroxylation is 1. The molecule has 0 fully saturated rings. The Morgan fingerprint density at radius 3 is 2.26 bits per heavy atom. The van der Waals surface area contributed by atoms with Crippen molar-refractivity contribution in [2.75, 3.05) is 20.8 Å². The molecule has 3 aromatic rings. The van der Waals surface area contributed by atoms with E-state index in [4.69, 9.17) is 23.4 Å². The summed E-state index contributed by atoms with van der Waals surface area (Å²) >= 11 is 0. The molecular weight excluding hydrogens is 408 g/mol. The molecular formula is C25H34O5Si. The van der Waals surface area contributed by atoms with Crippen LogP contribution in [-0.4, -0.2) is 34.3 Å². The fraction of sp³-hybridized carbons (Fsp3) is 0.440. The molecule has 0 unspecified atom stereocenters. The van der Waals surface area contributed by atoms with Gasteiger partial charge in [0.25, 0.3) is 8.32 Å². The molecule has 2 aromatic carbocycles. The molecule has 5 nitrogen and oxygen atoms in total. The molecule has 0 aliphatic carbocycles. The lowest BCUT2D eigenvalue weighted by Crippen LogP contribution is -2.43. The van der Waals surface area contributed by atoms with Crippen LogP contribution in [0.5, 0.6) is 17.2 Å². The summed E-state index contributed by atoms with van der Waals surface area (Å²) in [4.78, 5) is 0. The van der Waals surface area contributed by atoms with Gasteiger partial charge in [-0.2, -0.15) is 0 Å². The maximum absolute atomic E-state index is 9.15. The summed E-state index contributed by atoms with van der Waals surface area (Å²) in [6.45, 7) is 11.3. The SMILES string of the molecule is COc1ccc(-c2cc3cc(CCCO)cc(OC)c3o2)cc1O[Si](C)(C)C(C)(C)C. The summed E-state index contributed by atoms with van der Waals surface area (Å²) in [5, 5.41) is 10.2. The summed E-state index contributed by atoms with van der Waals surface area (Å²) < 4.78 is 23.9. The number of ether oxygens (including phenoxy) is 2. The third-order valence-corrected chi connectivity index (χ3v) is 10.4. The molecule has 0 aliphatic rings. The summed E-state index contributed by atoms with van der Waals surface area (Å²) in [5.74, 6) is 2.90. The van der Waals surface area contributed by atoms with Crippen LogP contribution in [0.4, 0.5) is 0 Å². The first-order valence-electron chi connectivity index (χ1n) is 10.7. The zero-order valence-corrected chi connectivity index (χ0v) is 20.7. The molecule has 0 aliphatic heterocycles. The van der Waals surface area contributed by atoms with Gasteiger partial charge in [0.05, 0.1) is 14.2 Å². The lowest BCUT2D eigenvalue weighted by atomic mass is 10.1. The summed E-state index contributed by atoms with van der Waals surface area (Å²) in [5.41, 5.74) is 2.75. The summed E-state index contributed by atoms with van der Waals surface area (Å²) in [6.07, 6.45) is 1.50. The van der Waals surface area contributed by atoms with Gasteiger partial charge in [0.1, 0.15) is 11.5 Å². The first-order valence-corrected chi connectivity index (χ1v) is 13.6. The van der Waals surface area contributed by atoms with E-state index >= 15 is 0 Å². The van der Waals surface area contributed by atoms with Crippen molar-refractivity contribution in [1.29, 1.82) is 0 Å². The highest BCUT2D eigenvalue weighted by molar-refractivity contribution is 6.74. The second-order valence-corrected chi connectivity index (χ2v) is 14.1. The predicted molar refractivity (Wildman–Crippen MR) is 128 cm³/mol. The molecule has 0 amide bonds. The highest BCUT2D eigenvalue weighted by Gasteiger charge is 2.39. The minimum Gasteiger partial charge on any atom is -0.541 e. The second kappa shape index (κ2) is 8.97. The molecule has 1 N–H and O–H groups in total. The van der Waals surface area contributed by atoms with Crippen LogP contribution in [0.25, 0.3) is 22.3 Å². The Labute approximate surface area is 186 Å². The number of rotatable bonds is 8. The number of aliphatic hydroxyl groups excluding tert-OH is 1. The highest BCUT2D eigenvalue weighted by atomic mass is 28.4. The summed E-state index contributed by atoms with van der Waals surface area (Å²) in [6, 6.07) is 12.0. The van der Waals surface area contributed by atoms with E-state index in [9.17, 15) is 0 Å². The van der Waals surface area contributed by atoms with E-state index in [0.717, 1.165) is 34.4 Å². The van der Waals surface area contributed by atoms with Gasteiger partial charge in [-0.25, -0.2) is 0 Å². The van der Waals surface area contributed by atoms with E-state index in [-0.39, 0.29) is 11.6 Å². The van der Waals surface area contributed by atoms with Crippen LogP contribution in [0.3, 0.4) is 0 Å². The Morgan fingerprint density at radius 1 is 0.935 bits per heavy atom. The Kier molecular flexibility index (Phi) is 6.72. The largest absolute Gasteiger partial charge is 0.541 e. The van der Waals surface area contributed by atoms with Crippen LogP contribution in [0.1, 0.15) is 32.8 Å². The van der Waals surface area contributed by atoms with E-state index in [1.54, 1.807) is 14.2 Å². The van der Waals surface area contributed by atoms with Gasteiger partial charge in [-0.05, 0) is 72.9 Å². The molecule has 0 bridgehead atoms. The molecule has 6 heteroatoms. The molecule has 0 saturated heterocycles. The first kappa shape index (κ1) is 23.2. The van der Waals surface area contributed by atoms with Crippen LogP contribution in [-0.2, 0) is 6.42 Å². The van der Waals surface area contributed by atoms with Gasteiger partial charge in [-0.1, -0.05) is 20.8 Å². The van der Waals surface area contributed by atoms with E-state index in [2.05, 4.69) is 39.9 Å². The van der Waals surface area contributed by atoms with Gasteiger partial charge < -0.3 is 23.4 Å². The zero-order valence-electron chi connectivity index (χ0n) is 19.7. The molecule has 3 rings (SSSR count). The number of hydrogen-bond donors (Lipinski definition) is 1. The minimum absolute atomic E-state index is 0.0751. The third kappa shape index (κ3) is 4.91. The Hall–Kier alpha value is -2.44. The Balaban J connectivity index is 2.04. The third-order valence-electron chi connectivity index (χ3n) is 6.10. The highest BCUT2D eigenvalue weighted by Crippen LogP contribution is 2.42. The predicted octanol–water partition coefficient (Wildman–Crippen LogP) is 6.43. The number of furan rings is 1. The molecule has 168 valence electrons. The van der Waals surface area contributed by atoms with Crippen molar-refractivity contribution in [2.45, 2.75) is 51.7 Å². The van der Waals surface area contributed by atoms with Crippen molar-refractivity contribution >= 4 is 19.3 Å². The van der Waals surface area contributed by atoms with E-state index in [1.165, 1.54) is 0 Å². The Bertz CT molecular complexity index is 1050. The standard InChI is InChI=1S/C25H34O5Si/c1-25(2,3)31(6,7)30-22-15-18(10-11-20(22)27-4)21-16-19-13-17(9-8-12-26)14-23(28-5)24(19)29-21/h10-11,13-16,26H,8-9,12H2,1-7H3. The van der Waals surface area contributed by atoms with Crippen LogP contribution >= 0.6 is 0 Å².